The zero-order valence-corrected chi connectivity index (χ0v) is 21.8. The Morgan fingerprint density at radius 2 is 1.77 bits per heavy atom. The summed E-state index contributed by atoms with van der Waals surface area (Å²) in [4.78, 5) is 25.4. The zero-order valence-electron chi connectivity index (χ0n) is 19.5. The summed E-state index contributed by atoms with van der Waals surface area (Å²) in [6.45, 7) is 0.293. The lowest BCUT2D eigenvalue weighted by Gasteiger charge is -2.31. The van der Waals surface area contributed by atoms with E-state index in [4.69, 9.17) is 37.4 Å². The van der Waals surface area contributed by atoms with Crippen LogP contribution in [0.2, 0.25) is 10.0 Å². The first-order chi connectivity index (χ1) is 16.6. The van der Waals surface area contributed by atoms with E-state index >= 15 is 0 Å². The Morgan fingerprint density at radius 1 is 1.09 bits per heavy atom. The number of halogens is 2. The number of benzene rings is 2. The van der Waals surface area contributed by atoms with Crippen molar-refractivity contribution in [1.29, 1.82) is 0 Å². The van der Waals surface area contributed by atoms with E-state index in [0.717, 1.165) is 0 Å². The third kappa shape index (κ3) is 6.38. The Hall–Kier alpha value is -2.53. The number of hydrogen-bond donors (Lipinski definition) is 1. The van der Waals surface area contributed by atoms with Crippen LogP contribution in [0.4, 0.5) is 5.69 Å². The fourth-order valence-corrected chi connectivity index (χ4v) is 6.03. The van der Waals surface area contributed by atoms with Crippen molar-refractivity contribution in [2.45, 2.75) is 18.6 Å². The van der Waals surface area contributed by atoms with Crippen LogP contribution < -0.4 is 14.8 Å². The van der Waals surface area contributed by atoms with Gasteiger partial charge in [0.05, 0.1) is 44.3 Å². The Balaban J connectivity index is 1.79. The second-order valence-electron chi connectivity index (χ2n) is 7.92. The molecule has 12 heteroatoms. The van der Waals surface area contributed by atoms with Crippen LogP contribution in [-0.4, -0.2) is 59.0 Å². The molecule has 0 saturated carbocycles. The number of carbonyl (C=O) groups is 2. The number of ether oxygens (including phenoxy) is 3. The van der Waals surface area contributed by atoms with Gasteiger partial charge in [-0.2, -0.15) is 0 Å². The van der Waals surface area contributed by atoms with E-state index in [1.54, 1.807) is 12.1 Å². The van der Waals surface area contributed by atoms with Crippen LogP contribution in [0.15, 0.2) is 30.3 Å². The van der Waals surface area contributed by atoms with Gasteiger partial charge in [0, 0.05) is 35.3 Å². The van der Waals surface area contributed by atoms with Gasteiger partial charge in [0.2, 0.25) is 15.9 Å². The summed E-state index contributed by atoms with van der Waals surface area (Å²) in [5.41, 5.74) is 0.680. The molecule has 0 radical (unpaired) electrons. The zero-order chi connectivity index (χ0) is 25.8. The number of sulfonamides is 1. The highest BCUT2D eigenvalue weighted by Crippen LogP contribution is 2.34. The monoisotopic (exact) mass is 544 g/mol. The maximum atomic E-state index is 13.1. The maximum Gasteiger partial charge on any atom is 0.340 e. The van der Waals surface area contributed by atoms with Crippen molar-refractivity contribution in [2.75, 3.05) is 39.7 Å². The van der Waals surface area contributed by atoms with Gasteiger partial charge in [-0.15, -0.1) is 0 Å². The molecule has 2 aromatic carbocycles. The van der Waals surface area contributed by atoms with Crippen LogP contribution >= 0.6 is 23.2 Å². The summed E-state index contributed by atoms with van der Waals surface area (Å²) in [6, 6.07) is 7.51. The molecule has 2 aromatic rings. The Bertz CT molecular complexity index is 1220. The summed E-state index contributed by atoms with van der Waals surface area (Å²) in [5.74, 6) is -1.43. The molecular weight excluding hydrogens is 519 g/mol. The molecule has 1 heterocycles. The number of rotatable bonds is 8. The van der Waals surface area contributed by atoms with Gasteiger partial charge in [-0.1, -0.05) is 29.3 Å². The first kappa shape index (κ1) is 27.1. The molecule has 3 rings (SSSR count). The van der Waals surface area contributed by atoms with Crippen molar-refractivity contribution in [3.63, 3.8) is 0 Å². The number of hydrogen-bond acceptors (Lipinski definition) is 7. The second kappa shape index (κ2) is 11.5. The average molecular weight is 545 g/mol. The van der Waals surface area contributed by atoms with Gasteiger partial charge in [0.25, 0.3) is 0 Å². The number of anilines is 1. The third-order valence-electron chi connectivity index (χ3n) is 5.69. The quantitative estimate of drug-likeness (QED) is 0.500. The number of esters is 1. The molecule has 0 aliphatic carbocycles. The van der Waals surface area contributed by atoms with Crippen molar-refractivity contribution < 1.29 is 32.2 Å². The van der Waals surface area contributed by atoms with Crippen LogP contribution in [-0.2, 0) is 25.3 Å². The van der Waals surface area contributed by atoms with Crippen LogP contribution in [0.3, 0.4) is 0 Å². The molecule has 9 nitrogen and oxygen atoms in total. The molecule has 1 amide bonds. The molecule has 0 bridgehead atoms. The minimum Gasteiger partial charge on any atom is -0.493 e. The van der Waals surface area contributed by atoms with Gasteiger partial charge in [-0.05, 0) is 30.5 Å². The van der Waals surface area contributed by atoms with E-state index in [0.29, 0.717) is 41.5 Å². The van der Waals surface area contributed by atoms with Crippen molar-refractivity contribution >= 4 is 50.8 Å². The minimum absolute atomic E-state index is 0.000221. The first-order valence-corrected chi connectivity index (χ1v) is 13.0. The van der Waals surface area contributed by atoms with E-state index < -0.39 is 27.8 Å². The highest BCUT2D eigenvalue weighted by Gasteiger charge is 2.33. The number of amides is 1. The molecule has 35 heavy (non-hydrogen) atoms. The van der Waals surface area contributed by atoms with E-state index in [1.807, 2.05) is 0 Å². The Morgan fingerprint density at radius 3 is 2.40 bits per heavy atom. The Kier molecular flexibility index (Phi) is 8.87. The second-order valence-corrected chi connectivity index (χ2v) is 10.7. The van der Waals surface area contributed by atoms with Crippen molar-refractivity contribution in [3.8, 4) is 11.5 Å². The minimum atomic E-state index is -3.74. The predicted molar refractivity (Wildman–Crippen MR) is 133 cm³/mol. The summed E-state index contributed by atoms with van der Waals surface area (Å²) in [7, 11) is 0.333. The van der Waals surface area contributed by atoms with Crippen LogP contribution in [0.25, 0.3) is 0 Å². The van der Waals surface area contributed by atoms with Crippen LogP contribution in [0.5, 0.6) is 11.5 Å². The molecule has 0 unspecified atom stereocenters. The first-order valence-electron chi connectivity index (χ1n) is 10.7. The van der Waals surface area contributed by atoms with Crippen LogP contribution in [0.1, 0.15) is 28.8 Å². The maximum absolute atomic E-state index is 13.1. The Labute approximate surface area is 214 Å². The molecule has 1 saturated heterocycles. The number of nitrogens with one attached hydrogen (secondary N) is 1. The molecule has 190 valence electrons. The molecule has 1 fully saturated rings. The molecule has 1 atom stereocenters. The highest BCUT2D eigenvalue weighted by molar-refractivity contribution is 7.88. The van der Waals surface area contributed by atoms with Gasteiger partial charge in [-0.25, -0.2) is 17.5 Å². The fourth-order valence-electron chi connectivity index (χ4n) is 3.83. The molecule has 1 aliphatic heterocycles. The predicted octanol–water partition coefficient (Wildman–Crippen LogP) is 3.98. The van der Waals surface area contributed by atoms with Gasteiger partial charge in [0.15, 0.2) is 11.5 Å². The fraction of sp³-hybridized carbons (Fsp3) is 0.391. The number of piperidine rings is 1. The van der Waals surface area contributed by atoms with Gasteiger partial charge in [0.1, 0.15) is 0 Å². The van der Waals surface area contributed by atoms with Gasteiger partial charge in [-0.3, -0.25) is 4.79 Å². The van der Waals surface area contributed by atoms with E-state index in [2.05, 4.69) is 5.32 Å². The summed E-state index contributed by atoms with van der Waals surface area (Å²) in [5, 5.41) is 3.40. The molecule has 1 N–H and O–H groups in total. The standard InChI is InChI=1S/C23H26Cl2N2O7S/c1-32-20-10-17(23(29)34-3)19(11-21(20)33-2)26-22(28)14-5-4-8-27(12-14)35(30,31)13-15-6-7-16(24)9-18(15)25/h6-7,9-11,14H,4-5,8,12-13H2,1-3H3,(H,26,28)/t14-/m0/s1. The smallest absolute Gasteiger partial charge is 0.340 e. The van der Waals surface area contributed by atoms with Crippen LogP contribution in [0, 0.1) is 5.92 Å². The molecule has 0 spiro atoms. The summed E-state index contributed by atoms with van der Waals surface area (Å²) < 4.78 is 42.7. The normalized spacial score (nSPS) is 16.4. The number of carbonyl (C=O) groups excluding carboxylic acids is 2. The topological polar surface area (TPSA) is 111 Å². The lowest BCUT2D eigenvalue weighted by atomic mass is 9.98. The lowest BCUT2D eigenvalue weighted by molar-refractivity contribution is -0.120. The molecular formula is C23H26Cl2N2O7S. The van der Waals surface area contributed by atoms with E-state index in [-0.39, 0.29) is 28.6 Å². The van der Waals surface area contributed by atoms with E-state index in [9.17, 15) is 18.0 Å². The summed E-state index contributed by atoms with van der Waals surface area (Å²) in [6.07, 6.45) is 0.988. The van der Waals surface area contributed by atoms with Gasteiger partial charge >= 0.3 is 5.97 Å². The van der Waals surface area contributed by atoms with Crippen molar-refractivity contribution in [3.05, 3.63) is 51.5 Å². The molecule has 1 aliphatic rings. The largest absolute Gasteiger partial charge is 0.493 e. The van der Waals surface area contributed by atoms with E-state index in [1.165, 1.54) is 43.8 Å². The third-order valence-corrected chi connectivity index (χ3v) is 8.07. The lowest BCUT2D eigenvalue weighted by Crippen LogP contribution is -2.44. The van der Waals surface area contributed by atoms with Gasteiger partial charge < -0.3 is 19.5 Å². The number of methoxy groups -OCH3 is 3. The number of nitrogens with zero attached hydrogens (tertiary/aromatic N) is 1. The molecule has 0 aromatic heterocycles. The van der Waals surface area contributed by atoms with Crippen molar-refractivity contribution in [1.82, 2.24) is 4.31 Å². The average Bonchev–Trinajstić information content (AvgIpc) is 2.85. The summed E-state index contributed by atoms with van der Waals surface area (Å²) >= 11 is 12.1. The SMILES string of the molecule is COC(=O)c1cc(OC)c(OC)cc1NC(=O)[C@H]1CCCN(S(=O)(=O)Cc2ccc(Cl)cc2Cl)C1. The highest BCUT2D eigenvalue weighted by atomic mass is 35.5. The van der Waals surface area contributed by atoms with Crippen molar-refractivity contribution in [2.24, 2.45) is 5.92 Å².